The summed E-state index contributed by atoms with van der Waals surface area (Å²) in [5.41, 5.74) is -0.513. The number of hydrogen-bond acceptors (Lipinski definition) is 2. The summed E-state index contributed by atoms with van der Waals surface area (Å²) in [5.74, 6) is 0.483. The van der Waals surface area contributed by atoms with Crippen LogP contribution in [0.2, 0.25) is 0 Å². The van der Waals surface area contributed by atoms with Crippen molar-refractivity contribution in [2.45, 2.75) is 85.2 Å². The van der Waals surface area contributed by atoms with Gasteiger partial charge in [-0.1, -0.05) is 27.2 Å². The molecule has 1 atom stereocenters. The molecule has 1 aliphatic rings. The van der Waals surface area contributed by atoms with Gasteiger partial charge < -0.3 is 4.74 Å². The second-order valence-corrected chi connectivity index (χ2v) is 6.59. The maximum absolute atomic E-state index is 12.3. The fraction of sp³-hybridized carbons (Fsp3) is 0.938. The molecule has 0 bridgehead atoms. The molecule has 0 aromatic rings. The Morgan fingerprint density at radius 3 is 2.28 bits per heavy atom. The van der Waals surface area contributed by atoms with Crippen LogP contribution in [0.25, 0.3) is 0 Å². The fourth-order valence-electron chi connectivity index (χ4n) is 2.83. The van der Waals surface area contributed by atoms with Crippen LogP contribution in [0.15, 0.2) is 0 Å². The van der Waals surface area contributed by atoms with Gasteiger partial charge in [0.05, 0.1) is 5.41 Å². The molecule has 0 N–H and O–H groups in total. The Morgan fingerprint density at radius 2 is 1.83 bits per heavy atom. The Hall–Kier alpha value is -0.530. The van der Waals surface area contributed by atoms with Gasteiger partial charge in [0.2, 0.25) is 0 Å². The van der Waals surface area contributed by atoms with E-state index in [1.807, 2.05) is 13.8 Å². The third kappa shape index (κ3) is 3.27. The highest BCUT2D eigenvalue weighted by Crippen LogP contribution is 2.42. The molecule has 106 valence electrons. The molecule has 2 nitrogen and oxygen atoms in total. The number of rotatable bonds is 6. The van der Waals surface area contributed by atoms with Gasteiger partial charge in [-0.3, -0.25) is 4.79 Å². The highest BCUT2D eigenvalue weighted by Gasteiger charge is 2.44. The van der Waals surface area contributed by atoms with Crippen molar-refractivity contribution in [1.29, 1.82) is 0 Å². The van der Waals surface area contributed by atoms with Crippen LogP contribution < -0.4 is 0 Å². The maximum Gasteiger partial charge on any atom is 0.312 e. The average Bonchev–Trinajstić information content (AvgIpc) is 2.79. The molecule has 0 aromatic heterocycles. The van der Waals surface area contributed by atoms with E-state index in [9.17, 15) is 4.79 Å². The van der Waals surface area contributed by atoms with Crippen LogP contribution in [-0.2, 0) is 9.53 Å². The van der Waals surface area contributed by atoms with Gasteiger partial charge in [0.15, 0.2) is 0 Å². The minimum Gasteiger partial charge on any atom is -0.458 e. The first kappa shape index (κ1) is 15.5. The van der Waals surface area contributed by atoms with Gasteiger partial charge >= 0.3 is 5.97 Å². The smallest absolute Gasteiger partial charge is 0.312 e. The van der Waals surface area contributed by atoms with Crippen molar-refractivity contribution < 1.29 is 9.53 Å². The predicted octanol–water partition coefficient (Wildman–Crippen LogP) is 4.71. The first-order valence-electron chi connectivity index (χ1n) is 7.61. The van der Waals surface area contributed by atoms with E-state index in [1.165, 1.54) is 12.8 Å². The van der Waals surface area contributed by atoms with Gasteiger partial charge in [-0.2, -0.15) is 0 Å². The Bertz CT molecular complexity index is 275. The highest BCUT2D eigenvalue weighted by molar-refractivity contribution is 5.76. The molecule has 1 saturated carbocycles. The van der Waals surface area contributed by atoms with Crippen molar-refractivity contribution in [1.82, 2.24) is 0 Å². The molecule has 0 heterocycles. The van der Waals surface area contributed by atoms with Crippen LogP contribution in [0.5, 0.6) is 0 Å². The zero-order valence-corrected chi connectivity index (χ0v) is 12.8. The Labute approximate surface area is 112 Å². The SMILES string of the molecule is CCCC(C)C1(OC(=O)C(C)(C)CC)CCCC1. The minimum absolute atomic E-state index is 0.00477. The summed E-state index contributed by atoms with van der Waals surface area (Å²) in [4.78, 5) is 12.3. The van der Waals surface area contributed by atoms with Crippen molar-refractivity contribution in [2.24, 2.45) is 11.3 Å². The van der Waals surface area contributed by atoms with Crippen LogP contribution in [0, 0.1) is 11.3 Å². The molecule has 18 heavy (non-hydrogen) atoms. The summed E-state index contributed by atoms with van der Waals surface area (Å²) in [6, 6.07) is 0. The third-order valence-electron chi connectivity index (χ3n) is 4.80. The van der Waals surface area contributed by atoms with Crippen LogP contribution >= 0.6 is 0 Å². The van der Waals surface area contributed by atoms with Crippen LogP contribution in [-0.4, -0.2) is 11.6 Å². The van der Waals surface area contributed by atoms with Crippen molar-refractivity contribution in [2.75, 3.05) is 0 Å². The first-order valence-corrected chi connectivity index (χ1v) is 7.61. The third-order valence-corrected chi connectivity index (χ3v) is 4.80. The minimum atomic E-state index is -0.346. The normalized spacial score (nSPS) is 20.7. The molecule has 1 rings (SSSR count). The molecule has 0 amide bonds. The zero-order valence-electron chi connectivity index (χ0n) is 12.8. The molecule has 1 unspecified atom stereocenters. The van der Waals surface area contributed by atoms with E-state index in [4.69, 9.17) is 4.74 Å². The Kier molecular flexibility index (Phi) is 5.24. The summed E-state index contributed by atoms with van der Waals surface area (Å²) in [5, 5.41) is 0. The second kappa shape index (κ2) is 6.08. The van der Waals surface area contributed by atoms with E-state index in [-0.39, 0.29) is 17.0 Å². The lowest BCUT2D eigenvalue weighted by Gasteiger charge is -2.37. The van der Waals surface area contributed by atoms with Crippen molar-refractivity contribution >= 4 is 5.97 Å². The van der Waals surface area contributed by atoms with E-state index >= 15 is 0 Å². The van der Waals surface area contributed by atoms with Gasteiger partial charge in [-0.25, -0.2) is 0 Å². The lowest BCUT2D eigenvalue weighted by atomic mass is 9.83. The molecular weight excluding hydrogens is 224 g/mol. The summed E-state index contributed by atoms with van der Waals surface area (Å²) in [6.45, 7) is 10.5. The molecule has 0 saturated heterocycles. The lowest BCUT2D eigenvalue weighted by Crippen LogP contribution is -2.42. The molecule has 0 radical (unpaired) electrons. The summed E-state index contributed by atoms with van der Waals surface area (Å²) < 4.78 is 6.03. The molecule has 1 aliphatic carbocycles. The largest absolute Gasteiger partial charge is 0.458 e. The van der Waals surface area contributed by atoms with Gasteiger partial charge in [0.25, 0.3) is 0 Å². The summed E-state index contributed by atoms with van der Waals surface area (Å²) >= 11 is 0. The molecule has 1 fully saturated rings. The van der Waals surface area contributed by atoms with E-state index in [2.05, 4.69) is 20.8 Å². The predicted molar refractivity (Wildman–Crippen MR) is 75.4 cm³/mol. The van der Waals surface area contributed by atoms with Gasteiger partial charge in [0, 0.05) is 0 Å². The van der Waals surface area contributed by atoms with E-state index in [1.54, 1.807) is 0 Å². The van der Waals surface area contributed by atoms with Crippen molar-refractivity contribution in [3.05, 3.63) is 0 Å². The zero-order chi connectivity index (χ0) is 13.8. The van der Waals surface area contributed by atoms with Crippen LogP contribution in [0.4, 0.5) is 0 Å². The fourth-order valence-corrected chi connectivity index (χ4v) is 2.83. The quantitative estimate of drug-likeness (QED) is 0.641. The molecule has 0 spiro atoms. The first-order chi connectivity index (χ1) is 8.38. The van der Waals surface area contributed by atoms with Gasteiger partial charge in [-0.05, 0) is 58.3 Å². The van der Waals surface area contributed by atoms with Gasteiger partial charge in [0.1, 0.15) is 5.60 Å². The maximum atomic E-state index is 12.3. The highest BCUT2D eigenvalue weighted by atomic mass is 16.6. The Balaban J connectivity index is 2.77. The summed E-state index contributed by atoms with van der Waals surface area (Å²) in [7, 11) is 0. The van der Waals surface area contributed by atoms with E-state index in [0.717, 1.165) is 32.1 Å². The average molecular weight is 254 g/mol. The Morgan fingerprint density at radius 1 is 1.28 bits per heavy atom. The topological polar surface area (TPSA) is 26.3 Å². The molecular formula is C16H30O2. The number of esters is 1. The molecule has 0 aromatic carbocycles. The monoisotopic (exact) mass is 254 g/mol. The summed E-state index contributed by atoms with van der Waals surface area (Å²) in [6.07, 6.45) is 7.67. The van der Waals surface area contributed by atoms with Crippen molar-refractivity contribution in [3.8, 4) is 0 Å². The van der Waals surface area contributed by atoms with Crippen molar-refractivity contribution in [3.63, 3.8) is 0 Å². The number of carbonyl (C=O) groups excluding carboxylic acids is 1. The number of hydrogen-bond donors (Lipinski definition) is 0. The molecule has 2 heteroatoms. The lowest BCUT2D eigenvalue weighted by molar-refractivity contribution is -0.176. The van der Waals surface area contributed by atoms with Crippen LogP contribution in [0.1, 0.15) is 79.6 Å². The second-order valence-electron chi connectivity index (χ2n) is 6.59. The van der Waals surface area contributed by atoms with E-state index in [0.29, 0.717) is 5.92 Å². The number of ether oxygens (including phenoxy) is 1. The molecule has 0 aliphatic heterocycles. The van der Waals surface area contributed by atoms with Crippen LogP contribution in [0.3, 0.4) is 0 Å². The number of carbonyl (C=O) groups is 1. The van der Waals surface area contributed by atoms with E-state index < -0.39 is 0 Å². The standard InChI is InChI=1S/C16H30O2/c1-6-10-13(3)16(11-8-9-12-16)18-14(17)15(4,5)7-2/h13H,6-12H2,1-5H3. The van der Waals surface area contributed by atoms with Gasteiger partial charge in [-0.15, -0.1) is 0 Å².